The van der Waals surface area contributed by atoms with Crippen molar-refractivity contribution in [2.75, 3.05) is 26.1 Å². The fraction of sp³-hybridized carbons (Fsp3) is 0.333. The van der Waals surface area contributed by atoms with Crippen molar-refractivity contribution >= 4 is 5.69 Å². The van der Waals surface area contributed by atoms with Crippen LogP contribution in [-0.2, 0) is 16.1 Å². The summed E-state index contributed by atoms with van der Waals surface area (Å²) < 4.78 is 28.1. The van der Waals surface area contributed by atoms with Crippen LogP contribution >= 0.6 is 0 Å². The van der Waals surface area contributed by atoms with E-state index < -0.39 is 5.82 Å². The molecule has 0 unspecified atom stereocenters. The Labute approximate surface area is 109 Å². The van der Waals surface area contributed by atoms with Gasteiger partial charge in [-0.1, -0.05) is 5.16 Å². The molecule has 7 heteroatoms. The molecule has 0 bridgehead atoms. The van der Waals surface area contributed by atoms with Crippen molar-refractivity contribution in [2.45, 2.75) is 6.61 Å². The van der Waals surface area contributed by atoms with E-state index in [9.17, 15) is 4.39 Å². The van der Waals surface area contributed by atoms with E-state index in [4.69, 9.17) is 19.7 Å². The Morgan fingerprint density at radius 1 is 1.37 bits per heavy atom. The minimum atomic E-state index is -0.477. The van der Waals surface area contributed by atoms with E-state index in [2.05, 4.69) is 10.1 Å². The van der Waals surface area contributed by atoms with Gasteiger partial charge < -0.3 is 19.7 Å². The van der Waals surface area contributed by atoms with Crippen molar-refractivity contribution in [3.05, 3.63) is 29.9 Å². The van der Waals surface area contributed by atoms with Gasteiger partial charge >= 0.3 is 0 Å². The number of ether oxygens (including phenoxy) is 2. The number of rotatable bonds is 6. The summed E-state index contributed by atoms with van der Waals surface area (Å²) in [6.07, 6.45) is 0. The molecule has 0 spiro atoms. The monoisotopic (exact) mass is 267 g/mol. The van der Waals surface area contributed by atoms with E-state index in [0.29, 0.717) is 30.5 Å². The van der Waals surface area contributed by atoms with Crippen molar-refractivity contribution in [3.8, 4) is 11.4 Å². The van der Waals surface area contributed by atoms with Crippen LogP contribution in [0.25, 0.3) is 11.4 Å². The largest absolute Gasteiger partial charge is 0.396 e. The average molecular weight is 267 g/mol. The number of nitrogens with two attached hydrogens (primary N) is 1. The molecule has 0 aliphatic heterocycles. The van der Waals surface area contributed by atoms with E-state index in [1.54, 1.807) is 7.11 Å². The van der Waals surface area contributed by atoms with Gasteiger partial charge in [-0.25, -0.2) is 4.39 Å². The molecule has 0 aliphatic carbocycles. The van der Waals surface area contributed by atoms with Crippen molar-refractivity contribution in [2.24, 2.45) is 0 Å². The molecule has 1 aromatic heterocycles. The Morgan fingerprint density at radius 3 is 2.95 bits per heavy atom. The van der Waals surface area contributed by atoms with Crippen LogP contribution in [0.2, 0.25) is 0 Å². The molecule has 0 saturated heterocycles. The minimum absolute atomic E-state index is 0.0418. The first-order valence-electron chi connectivity index (χ1n) is 5.65. The van der Waals surface area contributed by atoms with Gasteiger partial charge in [0.15, 0.2) is 0 Å². The van der Waals surface area contributed by atoms with Crippen LogP contribution in [0.5, 0.6) is 0 Å². The van der Waals surface area contributed by atoms with Crippen LogP contribution in [0.1, 0.15) is 5.89 Å². The maximum Gasteiger partial charge on any atom is 0.252 e. The molecular weight excluding hydrogens is 253 g/mol. The van der Waals surface area contributed by atoms with Crippen LogP contribution in [0, 0.1) is 5.82 Å². The molecule has 2 N–H and O–H groups in total. The summed E-state index contributed by atoms with van der Waals surface area (Å²) in [5, 5.41) is 3.78. The number of nitrogens with zero attached hydrogens (tertiary/aromatic N) is 2. The molecule has 1 aromatic carbocycles. The zero-order chi connectivity index (χ0) is 13.7. The maximum absolute atomic E-state index is 13.0. The Morgan fingerprint density at radius 2 is 2.21 bits per heavy atom. The summed E-state index contributed by atoms with van der Waals surface area (Å²) in [7, 11) is 1.59. The molecule has 0 saturated carbocycles. The quantitative estimate of drug-likeness (QED) is 0.632. The van der Waals surface area contributed by atoms with Crippen LogP contribution in [-0.4, -0.2) is 30.5 Å². The molecule has 2 rings (SSSR count). The van der Waals surface area contributed by atoms with Gasteiger partial charge in [0.1, 0.15) is 12.4 Å². The van der Waals surface area contributed by atoms with Crippen LogP contribution in [0.15, 0.2) is 22.7 Å². The van der Waals surface area contributed by atoms with Crippen molar-refractivity contribution in [1.82, 2.24) is 10.1 Å². The highest BCUT2D eigenvalue weighted by atomic mass is 19.1. The highest BCUT2D eigenvalue weighted by molar-refractivity contribution is 5.60. The van der Waals surface area contributed by atoms with Gasteiger partial charge in [-0.2, -0.15) is 4.98 Å². The highest BCUT2D eigenvalue weighted by Crippen LogP contribution is 2.20. The third-order valence-electron chi connectivity index (χ3n) is 2.38. The predicted molar refractivity (Wildman–Crippen MR) is 65.6 cm³/mol. The van der Waals surface area contributed by atoms with Gasteiger partial charge in [0, 0.05) is 12.7 Å². The Kier molecular flexibility index (Phi) is 4.43. The summed E-state index contributed by atoms with van der Waals surface area (Å²) in [6.45, 7) is 1.14. The zero-order valence-corrected chi connectivity index (χ0v) is 10.4. The number of anilines is 1. The number of hydrogen-bond donors (Lipinski definition) is 1. The Hall–Kier alpha value is -1.99. The molecule has 0 amide bonds. The SMILES string of the molecule is COCCOCc1nc(-c2ccc(F)c(N)c2)no1. The smallest absolute Gasteiger partial charge is 0.252 e. The molecule has 0 aliphatic rings. The number of halogens is 1. The second-order valence-electron chi connectivity index (χ2n) is 3.79. The Balaban J connectivity index is 2.01. The van der Waals surface area contributed by atoms with Crippen LogP contribution < -0.4 is 5.73 Å². The Bertz CT molecular complexity index is 545. The summed E-state index contributed by atoms with van der Waals surface area (Å²) in [6, 6.07) is 4.25. The van der Waals surface area contributed by atoms with E-state index in [0.717, 1.165) is 0 Å². The lowest BCUT2D eigenvalue weighted by molar-refractivity contribution is 0.0494. The fourth-order valence-corrected chi connectivity index (χ4v) is 1.42. The topological polar surface area (TPSA) is 83.4 Å². The van der Waals surface area contributed by atoms with Crippen LogP contribution in [0.3, 0.4) is 0 Å². The van der Waals surface area contributed by atoms with E-state index in [-0.39, 0.29) is 12.3 Å². The van der Waals surface area contributed by atoms with Crippen molar-refractivity contribution < 1.29 is 18.4 Å². The van der Waals surface area contributed by atoms with Gasteiger partial charge in [0.05, 0.1) is 18.9 Å². The normalized spacial score (nSPS) is 10.8. The first-order valence-corrected chi connectivity index (χ1v) is 5.65. The molecule has 2 aromatic rings. The molecule has 102 valence electrons. The van der Waals surface area contributed by atoms with E-state index >= 15 is 0 Å². The number of methoxy groups -OCH3 is 1. The second kappa shape index (κ2) is 6.26. The first kappa shape index (κ1) is 13.4. The molecule has 6 nitrogen and oxygen atoms in total. The van der Waals surface area contributed by atoms with Gasteiger partial charge in [-0.3, -0.25) is 0 Å². The average Bonchev–Trinajstić information content (AvgIpc) is 2.87. The van der Waals surface area contributed by atoms with Gasteiger partial charge in [-0.05, 0) is 18.2 Å². The third-order valence-corrected chi connectivity index (χ3v) is 2.38. The maximum atomic E-state index is 13.0. The van der Waals surface area contributed by atoms with Crippen molar-refractivity contribution in [1.29, 1.82) is 0 Å². The van der Waals surface area contributed by atoms with Gasteiger partial charge in [0.25, 0.3) is 5.89 Å². The zero-order valence-electron chi connectivity index (χ0n) is 10.4. The van der Waals surface area contributed by atoms with Crippen molar-refractivity contribution in [3.63, 3.8) is 0 Å². The van der Waals surface area contributed by atoms with Gasteiger partial charge in [0.2, 0.25) is 5.82 Å². The lowest BCUT2D eigenvalue weighted by Gasteiger charge is -1.99. The highest BCUT2D eigenvalue weighted by Gasteiger charge is 2.10. The number of hydrogen-bond acceptors (Lipinski definition) is 6. The molecule has 0 fully saturated rings. The number of aromatic nitrogens is 2. The third kappa shape index (κ3) is 3.49. The number of nitrogen functional groups attached to an aromatic ring is 1. The van der Waals surface area contributed by atoms with E-state index in [1.807, 2.05) is 0 Å². The summed E-state index contributed by atoms with van der Waals surface area (Å²) in [5.74, 6) is 0.210. The molecule has 1 heterocycles. The lowest BCUT2D eigenvalue weighted by Crippen LogP contribution is -2.01. The molecule has 0 radical (unpaired) electrons. The summed E-state index contributed by atoms with van der Waals surface area (Å²) >= 11 is 0. The van der Waals surface area contributed by atoms with Crippen LogP contribution in [0.4, 0.5) is 10.1 Å². The first-order chi connectivity index (χ1) is 9.20. The summed E-state index contributed by atoms with van der Waals surface area (Å²) in [5.41, 5.74) is 6.11. The summed E-state index contributed by atoms with van der Waals surface area (Å²) in [4.78, 5) is 4.13. The molecule has 19 heavy (non-hydrogen) atoms. The standard InChI is InChI=1S/C12H14FN3O3/c1-17-4-5-18-7-11-15-12(16-19-11)8-2-3-9(13)10(14)6-8/h2-3,6H,4-5,7,14H2,1H3. The predicted octanol–water partition coefficient (Wildman–Crippen LogP) is 1.62. The lowest BCUT2D eigenvalue weighted by atomic mass is 10.2. The fourth-order valence-electron chi connectivity index (χ4n) is 1.42. The number of benzene rings is 1. The van der Waals surface area contributed by atoms with Gasteiger partial charge in [-0.15, -0.1) is 0 Å². The molecule has 0 atom stereocenters. The van der Waals surface area contributed by atoms with E-state index in [1.165, 1.54) is 18.2 Å². The molecular formula is C12H14FN3O3. The minimum Gasteiger partial charge on any atom is -0.396 e. The second-order valence-corrected chi connectivity index (χ2v) is 3.79.